The highest BCUT2D eigenvalue weighted by Crippen LogP contribution is 2.28. The highest BCUT2D eigenvalue weighted by Gasteiger charge is 2.24. The van der Waals surface area contributed by atoms with Crippen LogP contribution < -0.4 is 5.73 Å². The molecule has 1 aromatic carbocycles. The molecule has 82 valence electrons. The Bertz CT molecular complexity index is 386. The maximum absolute atomic E-state index is 10.7. The molecule has 0 fully saturated rings. The van der Waals surface area contributed by atoms with Crippen molar-refractivity contribution in [3.05, 3.63) is 33.3 Å². The van der Waals surface area contributed by atoms with Gasteiger partial charge in [0.1, 0.15) is 6.10 Å². The number of hydrogen-bond donors (Lipinski definition) is 3. The Morgan fingerprint density at radius 2 is 2.07 bits per heavy atom. The lowest BCUT2D eigenvalue weighted by Crippen LogP contribution is -2.34. The average Bonchev–Trinajstić information content (AvgIpc) is 2.15. The van der Waals surface area contributed by atoms with Crippen molar-refractivity contribution < 1.29 is 15.0 Å². The monoisotopic (exact) mass is 293 g/mol. The van der Waals surface area contributed by atoms with Crippen LogP contribution in [0.3, 0.4) is 0 Å². The maximum atomic E-state index is 10.7. The minimum atomic E-state index is -1.64. The summed E-state index contributed by atoms with van der Waals surface area (Å²) in [5.41, 5.74) is 5.22. The van der Waals surface area contributed by atoms with Gasteiger partial charge in [0.05, 0.1) is 0 Å². The molecule has 2 unspecified atom stereocenters. The molecule has 0 radical (unpaired) electrons. The van der Waals surface area contributed by atoms with E-state index in [0.717, 1.165) is 0 Å². The molecule has 0 heterocycles. The molecule has 0 bridgehead atoms. The van der Waals surface area contributed by atoms with Crippen LogP contribution in [0.25, 0.3) is 0 Å². The van der Waals surface area contributed by atoms with Gasteiger partial charge in [0, 0.05) is 9.50 Å². The van der Waals surface area contributed by atoms with Crippen molar-refractivity contribution in [2.45, 2.75) is 12.2 Å². The zero-order chi connectivity index (χ0) is 11.6. The van der Waals surface area contributed by atoms with E-state index < -0.39 is 18.1 Å². The van der Waals surface area contributed by atoms with Gasteiger partial charge in [-0.3, -0.25) is 4.79 Å². The molecule has 1 rings (SSSR count). The number of rotatable bonds is 3. The molecule has 4 nitrogen and oxygen atoms in total. The highest BCUT2D eigenvalue weighted by molar-refractivity contribution is 9.10. The van der Waals surface area contributed by atoms with Crippen molar-refractivity contribution >= 4 is 33.4 Å². The van der Waals surface area contributed by atoms with Crippen molar-refractivity contribution in [2.75, 3.05) is 0 Å². The fourth-order valence-electron chi connectivity index (χ4n) is 1.07. The number of nitrogens with two attached hydrogens (primary N) is 1. The Morgan fingerprint density at radius 3 is 2.53 bits per heavy atom. The Kier molecular flexibility index (Phi) is 4.10. The Morgan fingerprint density at radius 1 is 1.47 bits per heavy atom. The first-order valence-corrected chi connectivity index (χ1v) is 5.21. The summed E-state index contributed by atoms with van der Waals surface area (Å²) in [6.07, 6.45) is -3.00. The van der Waals surface area contributed by atoms with Gasteiger partial charge in [0.15, 0.2) is 6.10 Å². The van der Waals surface area contributed by atoms with Crippen LogP contribution in [0.4, 0.5) is 0 Å². The summed E-state index contributed by atoms with van der Waals surface area (Å²) in [5.74, 6) is -0.982. The van der Waals surface area contributed by atoms with Gasteiger partial charge in [0.2, 0.25) is 5.91 Å². The van der Waals surface area contributed by atoms with E-state index in [1.54, 1.807) is 12.1 Å². The van der Waals surface area contributed by atoms with E-state index in [4.69, 9.17) is 17.3 Å². The van der Waals surface area contributed by atoms with E-state index in [9.17, 15) is 15.0 Å². The van der Waals surface area contributed by atoms with Gasteiger partial charge in [-0.25, -0.2) is 0 Å². The standard InChI is InChI=1S/C9H9BrClNO3/c10-6-3-4(11)1-2-5(6)7(13)8(14)9(12)15/h1-3,7-8,13-14H,(H2,12,15). The summed E-state index contributed by atoms with van der Waals surface area (Å²) in [6.45, 7) is 0. The number of carbonyl (C=O) groups is 1. The van der Waals surface area contributed by atoms with Crippen molar-refractivity contribution in [3.63, 3.8) is 0 Å². The third kappa shape index (κ3) is 2.92. The predicted octanol–water partition coefficient (Wildman–Crippen LogP) is 0.982. The van der Waals surface area contributed by atoms with E-state index in [-0.39, 0.29) is 0 Å². The summed E-state index contributed by atoms with van der Waals surface area (Å²) < 4.78 is 0.503. The molecule has 0 saturated heterocycles. The second kappa shape index (κ2) is 4.94. The van der Waals surface area contributed by atoms with E-state index in [2.05, 4.69) is 15.9 Å². The van der Waals surface area contributed by atoms with E-state index in [0.29, 0.717) is 15.1 Å². The third-order valence-corrected chi connectivity index (χ3v) is 2.79. The zero-order valence-electron chi connectivity index (χ0n) is 7.52. The summed E-state index contributed by atoms with van der Waals surface area (Å²) in [6, 6.07) is 4.59. The molecule has 1 amide bonds. The van der Waals surface area contributed by atoms with Gasteiger partial charge in [-0.1, -0.05) is 33.6 Å². The highest BCUT2D eigenvalue weighted by atomic mass is 79.9. The largest absolute Gasteiger partial charge is 0.385 e. The van der Waals surface area contributed by atoms with Crippen LogP contribution in [0.15, 0.2) is 22.7 Å². The number of benzene rings is 1. The average molecular weight is 295 g/mol. The van der Waals surface area contributed by atoms with Gasteiger partial charge in [-0.2, -0.15) is 0 Å². The Hall–Kier alpha value is -0.620. The first kappa shape index (κ1) is 12.4. The van der Waals surface area contributed by atoms with Crippen LogP contribution >= 0.6 is 27.5 Å². The number of hydrogen-bond acceptors (Lipinski definition) is 3. The molecule has 0 aromatic heterocycles. The van der Waals surface area contributed by atoms with Crippen molar-refractivity contribution in [1.29, 1.82) is 0 Å². The zero-order valence-corrected chi connectivity index (χ0v) is 9.86. The van der Waals surface area contributed by atoms with Crippen LogP contribution in [0.5, 0.6) is 0 Å². The molecule has 6 heteroatoms. The quantitative estimate of drug-likeness (QED) is 0.777. The van der Waals surface area contributed by atoms with Crippen LogP contribution in [0.1, 0.15) is 11.7 Å². The molecule has 4 N–H and O–H groups in total. The van der Waals surface area contributed by atoms with Crippen LogP contribution in [-0.4, -0.2) is 22.2 Å². The lowest BCUT2D eigenvalue weighted by molar-refractivity contribution is -0.132. The third-order valence-electron chi connectivity index (χ3n) is 1.87. The minimum Gasteiger partial charge on any atom is -0.385 e. The molecular formula is C9H9BrClNO3. The number of carbonyl (C=O) groups excluding carboxylic acids is 1. The smallest absolute Gasteiger partial charge is 0.249 e. The topological polar surface area (TPSA) is 83.6 Å². The summed E-state index contributed by atoms with van der Waals surface area (Å²) >= 11 is 8.86. The number of aliphatic hydroxyl groups is 2. The van der Waals surface area contributed by atoms with Crippen molar-refractivity contribution in [2.24, 2.45) is 5.73 Å². The number of primary amides is 1. The first-order valence-electron chi connectivity index (χ1n) is 4.04. The molecular weight excluding hydrogens is 285 g/mol. The van der Waals surface area contributed by atoms with E-state index >= 15 is 0 Å². The van der Waals surface area contributed by atoms with Gasteiger partial charge in [-0.15, -0.1) is 0 Å². The summed E-state index contributed by atoms with van der Waals surface area (Å²) in [7, 11) is 0. The molecule has 1 aromatic rings. The maximum Gasteiger partial charge on any atom is 0.249 e. The predicted molar refractivity (Wildman–Crippen MR) is 59.3 cm³/mol. The summed E-state index contributed by atoms with van der Waals surface area (Å²) in [4.78, 5) is 10.7. The number of aliphatic hydroxyl groups excluding tert-OH is 2. The van der Waals surface area contributed by atoms with Gasteiger partial charge < -0.3 is 15.9 Å². The van der Waals surface area contributed by atoms with Crippen molar-refractivity contribution in [1.82, 2.24) is 0 Å². The minimum absolute atomic E-state index is 0.353. The van der Waals surface area contributed by atoms with Crippen LogP contribution in [0.2, 0.25) is 5.02 Å². The Balaban J connectivity index is 3.01. The second-order valence-corrected chi connectivity index (χ2v) is 4.25. The lowest BCUT2D eigenvalue weighted by Gasteiger charge is -2.16. The molecule has 0 aliphatic heterocycles. The van der Waals surface area contributed by atoms with Gasteiger partial charge in [0.25, 0.3) is 0 Å². The normalized spacial score (nSPS) is 14.7. The van der Waals surface area contributed by atoms with Gasteiger partial charge in [-0.05, 0) is 17.7 Å². The molecule has 2 atom stereocenters. The second-order valence-electron chi connectivity index (χ2n) is 2.96. The fourth-order valence-corrected chi connectivity index (χ4v) is 1.98. The molecule has 0 aliphatic rings. The molecule has 15 heavy (non-hydrogen) atoms. The first-order chi connectivity index (χ1) is 6.93. The molecule has 0 saturated carbocycles. The van der Waals surface area contributed by atoms with Crippen LogP contribution in [-0.2, 0) is 4.79 Å². The van der Waals surface area contributed by atoms with E-state index in [1.807, 2.05) is 0 Å². The molecule has 0 spiro atoms. The van der Waals surface area contributed by atoms with Crippen molar-refractivity contribution in [3.8, 4) is 0 Å². The SMILES string of the molecule is NC(=O)C(O)C(O)c1ccc(Cl)cc1Br. The van der Waals surface area contributed by atoms with E-state index in [1.165, 1.54) is 6.07 Å². The fraction of sp³-hybridized carbons (Fsp3) is 0.222. The lowest BCUT2D eigenvalue weighted by atomic mass is 10.0. The van der Waals surface area contributed by atoms with Gasteiger partial charge >= 0.3 is 0 Å². The number of halogens is 2. The Labute approximate surface area is 99.8 Å². The molecule has 0 aliphatic carbocycles. The number of amides is 1. The summed E-state index contributed by atoms with van der Waals surface area (Å²) in [5, 5.41) is 19.3. The van der Waals surface area contributed by atoms with Crippen LogP contribution in [0, 0.1) is 0 Å².